The average molecular weight is 328 g/mol. The number of aromatic nitrogens is 1. The highest BCUT2D eigenvalue weighted by atomic mass is 79.9. The lowest BCUT2D eigenvalue weighted by atomic mass is 10.0. The van der Waals surface area contributed by atoms with Crippen LogP contribution in [0.5, 0.6) is 0 Å². The Hall–Kier alpha value is -1.30. The number of halogens is 1. The van der Waals surface area contributed by atoms with Gasteiger partial charge in [0.2, 0.25) is 0 Å². The molecule has 5 nitrogen and oxygen atoms in total. The molecule has 2 N–H and O–H groups in total. The molecular formula is C13H18BrN3O2. The molecular weight excluding hydrogens is 310 g/mol. The van der Waals surface area contributed by atoms with Gasteiger partial charge < -0.3 is 15.4 Å². The van der Waals surface area contributed by atoms with E-state index in [1.807, 2.05) is 26.8 Å². The molecule has 0 aromatic carbocycles. The van der Waals surface area contributed by atoms with Crippen LogP contribution < -0.4 is 10.6 Å². The van der Waals surface area contributed by atoms with Crippen molar-refractivity contribution in [1.82, 2.24) is 10.3 Å². The first-order valence-corrected chi connectivity index (χ1v) is 7.01. The second-order valence-electron chi connectivity index (χ2n) is 5.56. The molecule has 2 rings (SSSR count). The summed E-state index contributed by atoms with van der Waals surface area (Å²) < 4.78 is 6.07. The van der Waals surface area contributed by atoms with Crippen LogP contribution in [0.4, 0.5) is 10.5 Å². The number of nitrogens with zero attached hydrogens (tertiary/aromatic N) is 1. The van der Waals surface area contributed by atoms with Gasteiger partial charge in [-0.25, -0.2) is 9.78 Å². The van der Waals surface area contributed by atoms with Crippen LogP contribution in [0.2, 0.25) is 0 Å². The summed E-state index contributed by atoms with van der Waals surface area (Å²) in [5, 5.41) is 6.15. The van der Waals surface area contributed by atoms with Crippen molar-refractivity contribution in [1.29, 1.82) is 0 Å². The molecule has 0 fully saturated rings. The van der Waals surface area contributed by atoms with Crippen molar-refractivity contribution >= 4 is 27.7 Å². The van der Waals surface area contributed by atoms with E-state index in [0.29, 0.717) is 6.54 Å². The number of fused-ring (bicyclic) bond motifs is 1. The zero-order chi connectivity index (χ0) is 14.0. The molecule has 6 heteroatoms. The summed E-state index contributed by atoms with van der Waals surface area (Å²) in [6, 6.07) is 1.94. The SMILES string of the molecule is CC(C)(C)OC(=O)NC1CNc2ccnc(Br)c2C1. The van der Waals surface area contributed by atoms with Gasteiger partial charge in [0, 0.05) is 24.0 Å². The van der Waals surface area contributed by atoms with E-state index in [-0.39, 0.29) is 12.1 Å². The van der Waals surface area contributed by atoms with E-state index in [0.717, 1.165) is 22.3 Å². The Bertz CT molecular complexity index is 485. The molecule has 0 aliphatic carbocycles. The summed E-state index contributed by atoms with van der Waals surface area (Å²) in [6.45, 7) is 6.23. The number of alkyl carbamates (subject to hydrolysis) is 1. The van der Waals surface area contributed by atoms with Gasteiger partial charge in [0.1, 0.15) is 10.2 Å². The zero-order valence-electron chi connectivity index (χ0n) is 11.3. The minimum Gasteiger partial charge on any atom is -0.444 e. The summed E-state index contributed by atoms with van der Waals surface area (Å²) in [6.07, 6.45) is 2.09. The number of hydrogen-bond acceptors (Lipinski definition) is 4. The molecule has 0 saturated carbocycles. The fraction of sp³-hybridized carbons (Fsp3) is 0.538. The van der Waals surface area contributed by atoms with Gasteiger partial charge in [-0.1, -0.05) is 0 Å². The molecule has 1 aromatic heterocycles. The van der Waals surface area contributed by atoms with Crippen LogP contribution >= 0.6 is 15.9 Å². The van der Waals surface area contributed by atoms with Crippen LogP contribution in [0, 0.1) is 0 Å². The van der Waals surface area contributed by atoms with Gasteiger partial charge >= 0.3 is 6.09 Å². The summed E-state index contributed by atoms with van der Waals surface area (Å²) >= 11 is 3.43. The highest BCUT2D eigenvalue weighted by Crippen LogP contribution is 2.27. The van der Waals surface area contributed by atoms with Crippen LogP contribution in [0.1, 0.15) is 26.3 Å². The van der Waals surface area contributed by atoms with Crippen molar-refractivity contribution in [2.75, 3.05) is 11.9 Å². The zero-order valence-corrected chi connectivity index (χ0v) is 12.9. The number of carbonyl (C=O) groups excluding carboxylic acids is 1. The lowest BCUT2D eigenvalue weighted by molar-refractivity contribution is 0.0506. The fourth-order valence-corrected chi connectivity index (χ4v) is 2.45. The van der Waals surface area contributed by atoms with Gasteiger partial charge in [-0.3, -0.25) is 0 Å². The van der Waals surface area contributed by atoms with Crippen LogP contribution in [-0.2, 0) is 11.2 Å². The van der Waals surface area contributed by atoms with Crippen molar-refractivity contribution in [2.24, 2.45) is 0 Å². The van der Waals surface area contributed by atoms with E-state index in [2.05, 4.69) is 31.5 Å². The maximum atomic E-state index is 11.7. The smallest absolute Gasteiger partial charge is 0.407 e. The molecule has 0 bridgehead atoms. The molecule has 1 aromatic rings. The van der Waals surface area contributed by atoms with Crippen molar-refractivity contribution < 1.29 is 9.53 Å². The fourth-order valence-electron chi connectivity index (χ4n) is 1.95. The minimum absolute atomic E-state index is 0.00264. The largest absolute Gasteiger partial charge is 0.444 e. The Kier molecular flexibility index (Phi) is 3.99. The first-order valence-electron chi connectivity index (χ1n) is 6.22. The standard InChI is InChI=1S/C13H18BrN3O2/c1-13(2,3)19-12(18)17-8-6-9-10(16-7-8)4-5-15-11(9)14/h4-5,8,16H,6-7H2,1-3H3,(H,17,18). The predicted molar refractivity (Wildman–Crippen MR) is 77.3 cm³/mol. The molecule has 0 spiro atoms. The summed E-state index contributed by atoms with van der Waals surface area (Å²) in [7, 11) is 0. The highest BCUT2D eigenvalue weighted by molar-refractivity contribution is 9.10. The van der Waals surface area contributed by atoms with E-state index in [1.54, 1.807) is 6.20 Å². The quantitative estimate of drug-likeness (QED) is 0.778. The molecule has 1 aliphatic rings. The Morgan fingerprint density at radius 3 is 3.00 bits per heavy atom. The third-order valence-corrected chi connectivity index (χ3v) is 3.40. The number of ether oxygens (including phenoxy) is 1. The first kappa shape index (κ1) is 14.1. The van der Waals surface area contributed by atoms with Crippen molar-refractivity contribution in [3.63, 3.8) is 0 Å². The molecule has 1 atom stereocenters. The van der Waals surface area contributed by atoms with Crippen LogP contribution in [0.15, 0.2) is 16.9 Å². The topological polar surface area (TPSA) is 63.2 Å². The maximum absolute atomic E-state index is 11.7. The van der Waals surface area contributed by atoms with E-state index in [4.69, 9.17) is 4.74 Å². The second-order valence-corrected chi connectivity index (χ2v) is 6.31. The number of anilines is 1. The lowest BCUT2D eigenvalue weighted by Crippen LogP contribution is -2.45. The molecule has 0 saturated heterocycles. The first-order chi connectivity index (χ1) is 8.85. The summed E-state index contributed by atoms with van der Waals surface area (Å²) in [5.74, 6) is 0. The van der Waals surface area contributed by atoms with Crippen molar-refractivity contribution in [3.8, 4) is 0 Å². The monoisotopic (exact) mass is 327 g/mol. The van der Waals surface area contributed by atoms with E-state index in [1.165, 1.54) is 0 Å². The van der Waals surface area contributed by atoms with Gasteiger partial charge in [0.25, 0.3) is 0 Å². The van der Waals surface area contributed by atoms with E-state index >= 15 is 0 Å². The minimum atomic E-state index is -0.480. The Morgan fingerprint density at radius 2 is 2.32 bits per heavy atom. The van der Waals surface area contributed by atoms with Gasteiger partial charge in [-0.15, -0.1) is 0 Å². The number of nitrogens with one attached hydrogen (secondary N) is 2. The Morgan fingerprint density at radius 1 is 1.58 bits per heavy atom. The third-order valence-electron chi connectivity index (χ3n) is 2.71. The average Bonchev–Trinajstić information content (AvgIpc) is 2.27. The lowest BCUT2D eigenvalue weighted by Gasteiger charge is -2.28. The molecule has 1 unspecified atom stereocenters. The number of pyridine rings is 1. The predicted octanol–water partition coefficient (Wildman–Crippen LogP) is 2.71. The summed E-state index contributed by atoms with van der Waals surface area (Å²) in [5.41, 5.74) is 1.66. The molecule has 2 heterocycles. The Labute approximate surface area is 121 Å². The molecule has 1 amide bonds. The highest BCUT2D eigenvalue weighted by Gasteiger charge is 2.24. The summed E-state index contributed by atoms with van der Waals surface area (Å²) in [4.78, 5) is 15.9. The number of hydrogen-bond donors (Lipinski definition) is 2. The molecule has 104 valence electrons. The van der Waals surface area contributed by atoms with Crippen molar-refractivity contribution in [3.05, 3.63) is 22.4 Å². The second kappa shape index (κ2) is 5.36. The van der Waals surface area contributed by atoms with Crippen molar-refractivity contribution in [2.45, 2.75) is 38.8 Å². The van der Waals surface area contributed by atoms with Gasteiger partial charge in [-0.2, -0.15) is 0 Å². The molecule has 1 aliphatic heterocycles. The number of amides is 1. The Balaban J connectivity index is 1.99. The van der Waals surface area contributed by atoms with E-state index in [9.17, 15) is 4.79 Å². The normalized spacial score (nSPS) is 18.2. The van der Waals surface area contributed by atoms with Crippen LogP contribution in [-0.4, -0.2) is 29.3 Å². The van der Waals surface area contributed by atoms with Crippen LogP contribution in [0.25, 0.3) is 0 Å². The maximum Gasteiger partial charge on any atom is 0.407 e. The van der Waals surface area contributed by atoms with Gasteiger partial charge in [-0.05, 0) is 49.2 Å². The number of rotatable bonds is 1. The molecule has 19 heavy (non-hydrogen) atoms. The van der Waals surface area contributed by atoms with Gasteiger partial charge in [0.15, 0.2) is 0 Å². The third kappa shape index (κ3) is 3.83. The molecule has 0 radical (unpaired) electrons. The van der Waals surface area contributed by atoms with Crippen LogP contribution in [0.3, 0.4) is 0 Å². The van der Waals surface area contributed by atoms with E-state index < -0.39 is 5.60 Å². The van der Waals surface area contributed by atoms with Gasteiger partial charge in [0.05, 0.1) is 6.04 Å². The number of carbonyl (C=O) groups is 1.